The summed E-state index contributed by atoms with van der Waals surface area (Å²) >= 11 is 0. The van der Waals surface area contributed by atoms with E-state index in [1.165, 1.54) is 43.1 Å². The second-order valence-corrected chi connectivity index (χ2v) is 12.1. The average molecular weight is 598 g/mol. The zero-order valence-electron chi connectivity index (χ0n) is 25.4. The van der Waals surface area contributed by atoms with Gasteiger partial charge in [-0.05, 0) is 56.3 Å². The van der Waals surface area contributed by atoms with Crippen LogP contribution >= 0.6 is 0 Å². The van der Waals surface area contributed by atoms with Crippen molar-refractivity contribution in [1.29, 1.82) is 0 Å². The smallest absolute Gasteiger partial charge is 0.235 e. The quantitative estimate of drug-likeness (QED) is 0.190. The molecule has 10 rings (SSSR count). The van der Waals surface area contributed by atoms with E-state index in [1.807, 2.05) is 0 Å². The van der Waals surface area contributed by atoms with Gasteiger partial charge in [0.05, 0.1) is 22.2 Å². The van der Waals surface area contributed by atoms with E-state index in [1.54, 1.807) is 0 Å². The number of fused-ring (bicyclic) bond motifs is 11. The second kappa shape index (κ2) is 10.1. The van der Waals surface area contributed by atoms with Gasteiger partial charge in [-0.1, -0.05) is 146 Å². The molecule has 0 N–H and O–H groups in total. The lowest BCUT2D eigenvalue weighted by atomic mass is 9.92. The fourth-order valence-electron chi connectivity index (χ4n) is 7.60. The molecule has 0 amide bonds. The highest BCUT2D eigenvalue weighted by Gasteiger charge is 2.21. The largest absolute Gasteiger partial charge is 0.278 e. The molecule has 0 aliphatic rings. The van der Waals surface area contributed by atoms with Crippen LogP contribution in [-0.2, 0) is 0 Å². The van der Waals surface area contributed by atoms with Gasteiger partial charge >= 0.3 is 0 Å². The van der Waals surface area contributed by atoms with Crippen molar-refractivity contribution in [3.8, 4) is 28.3 Å². The lowest BCUT2D eigenvalue weighted by Crippen LogP contribution is -2.04. The molecule has 10 aromatic rings. The van der Waals surface area contributed by atoms with Gasteiger partial charge in [0.2, 0.25) is 5.95 Å². The topological polar surface area (TPSA) is 30.7 Å². The Kier molecular flexibility index (Phi) is 5.57. The molecule has 3 nitrogen and oxygen atoms in total. The highest BCUT2D eigenvalue weighted by Crippen LogP contribution is 2.43. The number of hydrogen-bond donors (Lipinski definition) is 0. The summed E-state index contributed by atoms with van der Waals surface area (Å²) in [5.74, 6) is 0.664. The summed E-state index contributed by atoms with van der Waals surface area (Å²) in [6, 6.07) is 58.3. The van der Waals surface area contributed by atoms with Crippen molar-refractivity contribution < 1.29 is 0 Å². The van der Waals surface area contributed by atoms with E-state index in [0.717, 1.165) is 44.3 Å². The predicted octanol–water partition coefficient (Wildman–Crippen LogP) is 11.5. The summed E-state index contributed by atoms with van der Waals surface area (Å²) in [4.78, 5) is 10.7. The van der Waals surface area contributed by atoms with E-state index < -0.39 is 0 Å². The van der Waals surface area contributed by atoms with Crippen LogP contribution in [0.25, 0.3) is 93.4 Å². The van der Waals surface area contributed by atoms with Crippen molar-refractivity contribution in [3.63, 3.8) is 0 Å². The van der Waals surface area contributed by atoms with Crippen molar-refractivity contribution in [2.75, 3.05) is 0 Å². The minimum absolute atomic E-state index is 0.664. The first kappa shape index (κ1) is 26.0. The first-order valence-electron chi connectivity index (χ1n) is 16.0. The molecule has 0 atom stereocenters. The van der Waals surface area contributed by atoms with Crippen LogP contribution in [-0.4, -0.2) is 14.5 Å². The molecular weight excluding hydrogens is 571 g/mol. The Morgan fingerprint density at radius 2 is 0.894 bits per heavy atom. The highest BCUT2D eigenvalue weighted by molar-refractivity contribution is 6.35. The zero-order valence-corrected chi connectivity index (χ0v) is 25.4. The molecular formula is C44H27N3. The molecule has 8 aromatic carbocycles. The van der Waals surface area contributed by atoms with E-state index in [4.69, 9.17) is 9.97 Å². The van der Waals surface area contributed by atoms with Crippen LogP contribution in [0.3, 0.4) is 0 Å². The molecule has 2 heterocycles. The van der Waals surface area contributed by atoms with Gasteiger partial charge in [0.25, 0.3) is 0 Å². The molecule has 0 aliphatic carbocycles. The maximum Gasteiger partial charge on any atom is 0.235 e. The number of nitrogens with zero attached hydrogens (tertiary/aromatic N) is 3. The number of rotatable bonds is 3. The first-order chi connectivity index (χ1) is 23.3. The van der Waals surface area contributed by atoms with Crippen molar-refractivity contribution in [2.45, 2.75) is 0 Å². The van der Waals surface area contributed by atoms with Crippen LogP contribution in [0, 0.1) is 0 Å². The SMILES string of the molecule is c1ccc(-c2ccccc2-c2nc(-n3c4ccccc4c4c5c6ccccc6c6ccccc6c5ccc43)nc3ccccc23)cc1. The third-order valence-corrected chi connectivity index (χ3v) is 9.60. The summed E-state index contributed by atoms with van der Waals surface area (Å²) in [5.41, 5.74) is 7.42. The van der Waals surface area contributed by atoms with E-state index in [9.17, 15) is 0 Å². The lowest BCUT2D eigenvalue weighted by Gasteiger charge is -2.15. The Balaban J connectivity index is 1.35. The van der Waals surface area contributed by atoms with Crippen molar-refractivity contribution >= 4 is 65.0 Å². The molecule has 3 heteroatoms. The van der Waals surface area contributed by atoms with Gasteiger partial charge in [0.1, 0.15) is 0 Å². The van der Waals surface area contributed by atoms with Crippen LogP contribution in [0.2, 0.25) is 0 Å². The summed E-state index contributed by atoms with van der Waals surface area (Å²) < 4.78 is 2.26. The molecule has 47 heavy (non-hydrogen) atoms. The van der Waals surface area contributed by atoms with Gasteiger partial charge < -0.3 is 0 Å². The Bertz CT molecular complexity index is 2810. The van der Waals surface area contributed by atoms with Crippen molar-refractivity contribution in [3.05, 3.63) is 164 Å². The zero-order chi connectivity index (χ0) is 30.9. The first-order valence-corrected chi connectivity index (χ1v) is 16.0. The number of aromatic nitrogens is 3. The highest BCUT2D eigenvalue weighted by atomic mass is 15.2. The van der Waals surface area contributed by atoms with Gasteiger partial charge in [-0.25, -0.2) is 9.97 Å². The monoisotopic (exact) mass is 597 g/mol. The van der Waals surface area contributed by atoms with Gasteiger partial charge in [-0.3, -0.25) is 4.57 Å². The fourth-order valence-corrected chi connectivity index (χ4v) is 7.60. The molecule has 0 radical (unpaired) electrons. The van der Waals surface area contributed by atoms with Gasteiger partial charge in [0, 0.05) is 27.1 Å². The summed E-state index contributed by atoms with van der Waals surface area (Å²) in [5, 5.41) is 11.0. The van der Waals surface area contributed by atoms with E-state index >= 15 is 0 Å². The normalized spacial score (nSPS) is 11.8. The summed E-state index contributed by atoms with van der Waals surface area (Å²) in [6.07, 6.45) is 0. The minimum Gasteiger partial charge on any atom is -0.278 e. The molecule has 0 bridgehead atoms. The third kappa shape index (κ3) is 3.81. The fraction of sp³-hybridized carbons (Fsp3) is 0. The van der Waals surface area contributed by atoms with Crippen LogP contribution in [0.4, 0.5) is 0 Å². The molecule has 0 aliphatic heterocycles. The minimum atomic E-state index is 0.664. The third-order valence-electron chi connectivity index (χ3n) is 9.60. The number of benzene rings is 8. The summed E-state index contributed by atoms with van der Waals surface area (Å²) in [7, 11) is 0. The van der Waals surface area contributed by atoms with E-state index in [2.05, 4.69) is 168 Å². The van der Waals surface area contributed by atoms with Crippen LogP contribution in [0.15, 0.2) is 164 Å². The maximum absolute atomic E-state index is 5.44. The Morgan fingerprint density at radius 3 is 1.66 bits per heavy atom. The van der Waals surface area contributed by atoms with E-state index in [0.29, 0.717) is 5.95 Å². The van der Waals surface area contributed by atoms with Crippen molar-refractivity contribution in [1.82, 2.24) is 14.5 Å². The standard InChI is InChI=1S/C44H27N3/c1-2-14-28(15-3-1)29-16-4-9-21-35(29)43-36-22-10-12-24-38(36)45-44(46-43)47-39-25-13-11-23-37(39)42-40(47)27-26-34-32-19-6-5-17-30(32)31-18-7-8-20-33(31)41(34)42/h1-27H. The van der Waals surface area contributed by atoms with Crippen LogP contribution < -0.4 is 0 Å². The van der Waals surface area contributed by atoms with Crippen molar-refractivity contribution in [2.24, 2.45) is 0 Å². The average Bonchev–Trinajstić information content (AvgIpc) is 3.49. The number of hydrogen-bond acceptors (Lipinski definition) is 2. The Labute approximate surface area is 271 Å². The van der Waals surface area contributed by atoms with Gasteiger partial charge in [0.15, 0.2) is 0 Å². The van der Waals surface area contributed by atoms with Crippen LogP contribution in [0.1, 0.15) is 0 Å². The van der Waals surface area contributed by atoms with Gasteiger partial charge in [-0.2, -0.15) is 0 Å². The Morgan fingerprint density at radius 1 is 0.340 bits per heavy atom. The molecule has 0 saturated carbocycles. The van der Waals surface area contributed by atoms with E-state index in [-0.39, 0.29) is 0 Å². The number of para-hydroxylation sites is 2. The van der Waals surface area contributed by atoms with Gasteiger partial charge in [-0.15, -0.1) is 0 Å². The molecule has 218 valence electrons. The lowest BCUT2D eigenvalue weighted by molar-refractivity contribution is 1.01. The molecule has 0 unspecified atom stereocenters. The molecule has 0 saturated heterocycles. The Hall–Kier alpha value is -6.32. The molecule has 2 aromatic heterocycles. The maximum atomic E-state index is 5.44. The predicted molar refractivity (Wildman–Crippen MR) is 197 cm³/mol. The second-order valence-electron chi connectivity index (χ2n) is 12.1. The van der Waals surface area contributed by atoms with Crippen LogP contribution in [0.5, 0.6) is 0 Å². The summed E-state index contributed by atoms with van der Waals surface area (Å²) in [6.45, 7) is 0. The molecule has 0 fully saturated rings. The molecule has 0 spiro atoms.